The average Bonchev–Trinajstić information content (AvgIpc) is 3.37. The van der Waals surface area contributed by atoms with Gasteiger partial charge in [0.25, 0.3) is 0 Å². The maximum atomic E-state index is 13.0. The van der Waals surface area contributed by atoms with Gasteiger partial charge in [-0.3, -0.25) is 14.3 Å². The van der Waals surface area contributed by atoms with Crippen molar-refractivity contribution < 1.29 is 9.53 Å². The van der Waals surface area contributed by atoms with Crippen molar-refractivity contribution in [1.82, 2.24) is 34.6 Å². The second-order valence-electron chi connectivity index (χ2n) is 7.78. The molecular formula is C24H24N8O2S. The third-order valence-electron chi connectivity index (χ3n) is 5.69. The summed E-state index contributed by atoms with van der Waals surface area (Å²) in [5.41, 5.74) is 1.77. The van der Waals surface area contributed by atoms with E-state index in [0.717, 1.165) is 17.0 Å². The van der Waals surface area contributed by atoms with Gasteiger partial charge in [0.15, 0.2) is 11.0 Å². The fourth-order valence-corrected chi connectivity index (χ4v) is 4.70. The Hall–Kier alpha value is -3.99. The molecule has 0 bridgehead atoms. The van der Waals surface area contributed by atoms with Gasteiger partial charge in [-0.1, -0.05) is 11.8 Å². The van der Waals surface area contributed by atoms with Crippen LogP contribution in [0.5, 0.6) is 5.75 Å². The number of amides is 1. The summed E-state index contributed by atoms with van der Waals surface area (Å²) in [7, 11) is 1.63. The molecule has 4 heterocycles. The Kier molecular flexibility index (Phi) is 6.85. The van der Waals surface area contributed by atoms with Gasteiger partial charge in [-0.25, -0.2) is 9.97 Å². The molecule has 0 unspecified atom stereocenters. The maximum Gasteiger partial charge on any atom is 0.233 e. The summed E-state index contributed by atoms with van der Waals surface area (Å²) in [6, 6.07) is 13.3. The van der Waals surface area contributed by atoms with Gasteiger partial charge in [-0.2, -0.15) is 0 Å². The molecule has 0 spiro atoms. The Balaban J connectivity index is 1.30. The molecule has 0 atom stereocenters. The summed E-state index contributed by atoms with van der Waals surface area (Å²) in [6.07, 6.45) is 6.91. The molecule has 0 aliphatic carbocycles. The molecule has 1 aliphatic heterocycles. The van der Waals surface area contributed by atoms with E-state index in [9.17, 15) is 4.79 Å². The van der Waals surface area contributed by atoms with Crippen LogP contribution in [-0.2, 0) is 4.79 Å². The first-order valence-corrected chi connectivity index (χ1v) is 12.1. The number of hydrogen-bond acceptors (Lipinski definition) is 9. The van der Waals surface area contributed by atoms with Gasteiger partial charge < -0.3 is 14.5 Å². The van der Waals surface area contributed by atoms with Gasteiger partial charge in [0, 0.05) is 62.2 Å². The number of carbonyl (C=O) groups excluding carboxylic acids is 1. The third kappa shape index (κ3) is 5.09. The number of rotatable bonds is 7. The molecule has 0 radical (unpaired) electrons. The van der Waals surface area contributed by atoms with Crippen LogP contribution >= 0.6 is 11.8 Å². The number of aromatic nitrogens is 6. The second kappa shape index (κ2) is 10.5. The number of carbonyl (C=O) groups is 1. The first-order chi connectivity index (χ1) is 17.2. The minimum Gasteiger partial charge on any atom is -0.497 e. The van der Waals surface area contributed by atoms with Crippen molar-refractivity contribution in [3.63, 3.8) is 0 Å². The molecule has 1 fully saturated rings. The van der Waals surface area contributed by atoms with E-state index in [4.69, 9.17) is 4.74 Å². The van der Waals surface area contributed by atoms with Gasteiger partial charge >= 0.3 is 0 Å². The Bertz CT molecular complexity index is 1260. The maximum absolute atomic E-state index is 13.0. The van der Waals surface area contributed by atoms with Crippen LogP contribution < -0.4 is 9.64 Å². The molecule has 10 nitrogen and oxygen atoms in total. The second-order valence-corrected chi connectivity index (χ2v) is 8.72. The zero-order valence-corrected chi connectivity index (χ0v) is 20.0. The van der Waals surface area contributed by atoms with Crippen LogP contribution in [0.4, 0.5) is 5.95 Å². The minimum atomic E-state index is 0.0679. The molecule has 1 saturated heterocycles. The third-order valence-corrected chi connectivity index (χ3v) is 6.61. The molecule has 11 heteroatoms. The normalized spacial score (nSPS) is 13.6. The van der Waals surface area contributed by atoms with Crippen LogP contribution in [0.15, 0.2) is 72.4 Å². The van der Waals surface area contributed by atoms with E-state index in [1.807, 2.05) is 45.9 Å². The Morgan fingerprint density at radius 1 is 0.943 bits per heavy atom. The summed E-state index contributed by atoms with van der Waals surface area (Å²) >= 11 is 1.38. The lowest BCUT2D eigenvalue weighted by Gasteiger charge is -2.34. The summed E-state index contributed by atoms with van der Waals surface area (Å²) in [6.45, 7) is 2.67. The van der Waals surface area contributed by atoms with Crippen LogP contribution in [0, 0.1) is 0 Å². The molecule has 1 aromatic carbocycles. The van der Waals surface area contributed by atoms with Crippen LogP contribution in [-0.4, -0.2) is 79.6 Å². The molecule has 35 heavy (non-hydrogen) atoms. The smallest absolute Gasteiger partial charge is 0.233 e. The van der Waals surface area contributed by atoms with Crippen LogP contribution in [0.25, 0.3) is 17.1 Å². The lowest BCUT2D eigenvalue weighted by Crippen LogP contribution is -2.49. The first kappa shape index (κ1) is 22.8. The molecule has 0 saturated carbocycles. The van der Waals surface area contributed by atoms with E-state index in [2.05, 4.69) is 30.0 Å². The van der Waals surface area contributed by atoms with Crippen molar-refractivity contribution in [2.45, 2.75) is 5.16 Å². The van der Waals surface area contributed by atoms with Gasteiger partial charge in [0.2, 0.25) is 11.9 Å². The Labute approximate surface area is 207 Å². The van der Waals surface area contributed by atoms with Crippen molar-refractivity contribution in [3.8, 4) is 22.8 Å². The van der Waals surface area contributed by atoms with Crippen LogP contribution in [0.1, 0.15) is 0 Å². The molecule has 1 amide bonds. The van der Waals surface area contributed by atoms with Crippen molar-refractivity contribution in [1.29, 1.82) is 0 Å². The van der Waals surface area contributed by atoms with Crippen molar-refractivity contribution in [3.05, 3.63) is 67.3 Å². The largest absolute Gasteiger partial charge is 0.497 e. The average molecular weight is 489 g/mol. The predicted molar refractivity (Wildman–Crippen MR) is 133 cm³/mol. The fraction of sp³-hybridized carbons (Fsp3) is 0.250. The number of benzene rings is 1. The summed E-state index contributed by atoms with van der Waals surface area (Å²) < 4.78 is 7.25. The topological polar surface area (TPSA) is 102 Å². The monoisotopic (exact) mass is 488 g/mol. The van der Waals surface area contributed by atoms with Crippen molar-refractivity contribution in [2.24, 2.45) is 0 Å². The molecule has 0 N–H and O–H groups in total. The van der Waals surface area contributed by atoms with Gasteiger partial charge in [-0.15, -0.1) is 10.2 Å². The highest BCUT2D eigenvalue weighted by molar-refractivity contribution is 7.99. The number of anilines is 1. The Morgan fingerprint density at radius 2 is 1.66 bits per heavy atom. The molecule has 178 valence electrons. The number of methoxy groups -OCH3 is 1. The zero-order chi connectivity index (χ0) is 24.0. The van der Waals surface area contributed by atoms with E-state index in [-0.39, 0.29) is 11.7 Å². The predicted octanol–water partition coefficient (Wildman–Crippen LogP) is 2.57. The van der Waals surface area contributed by atoms with Gasteiger partial charge in [-0.05, 0) is 42.5 Å². The number of ether oxygens (including phenoxy) is 1. The summed E-state index contributed by atoms with van der Waals surface area (Å²) in [4.78, 5) is 29.7. The van der Waals surface area contributed by atoms with E-state index in [0.29, 0.717) is 43.1 Å². The lowest BCUT2D eigenvalue weighted by atomic mass is 10.2. The molecule has 4 aromatic rings. The molecule has 1 aliphatic rings. The SMILES string of the molecule is COc1ccc(-n2c(SCC(=O)N3CCN(c4ncccn4)CC3)nnc2-c2ccncc2)cc1. The number of pyridine rings is 1. The standard InChI is InChI=1S/C24H24N8O2S/c1-34-20-5-3-19(4-6-20)32-22(18-7-11-25-12-8-18)28-29-24(32)35-17-21(33)30-13-15-31(16-14-30)23-26-9-2-10-27-23/h2-12H,13-17H2,1H3. The first-order valence-electron chi connectivity index (χ1n) is 11.2. The number of thioether (sulfide) groups is 1. The summed E-state index contributed by atoms with van der Waals surface area (Å²) in [5.74, 6) is 2.48. The van der Waals surface area contributed by atoms with E-state index >= 15 is 0 Å². The fourth-order valence-electron chi connectivity index (χ4n) is 3.84. The van der Waals surface area contributed by atoms with Gasteiger partial charge in [0.05, 0.1) is 12.9 Å². The lowest BCUT2D eigenvalue weighted by molar-refractivity contribution is -0.128. The Morgan fingerprint density at radius 3 is 2.34 bits per heavy atom. The highest BCUT2D eigenvalue weighted by atomic mass is 32.2. The van der Waals surface area contributed by atoms with Crippen molar-refractivity contribution in [2.75, 3.05) is 43.9 Å². The molecule has 5 rings (SSSR count). The van der Waals surface area contributed by atoms with Crippen molar-refractivity contribution >= 4 is 23.6 Å². The van der Waals surface area contributed by atoms with E-state index < -0.39 is 0 Å². The van der Waals surface area contributed by atoms with Crippen LogP contribution in [0.2, 0.25) is 0 Å². The summed E-state index contributed by atoms with van der Waals surface area (Å²) in [5, 5.41) is 9.48. The van der Waals surface area contributed by atoms with E-state index in [1.165, 1.54) is 11.8 Å². The number of nitrogens with zero attached hydrogens (tertiary/aromatic N) is 8. The van der Waals surface area contributed by atoms with Gasteiger partial charge in [0.1, 0.15) is 5.75 Å². The molecule has 3 aromatic heterocycles. The highest BCUT2D eigenvalue weighted by Gasteiger charge is 2.24. The minimum absolute atomic E-state index is 0.0679. The quantitative estimate of drug-likeness (QED) is 0.363. The van der Waals surface area contributed by atoms with E-state index in [1.54, 1.807) is 38.0 Å². The molecular weight excluding hydrogens is 464 g/mol. The highest BCUT2D eigenvalue weighted by Crippen LogP contribution is 2.29. The van der Waals surface area contributed by atoms with Crippen LogP contribution in [0.3, 0.4) is 0 Å². The number of piperazine rings is 1. The number of hydrogen-bond donors (Lipinski definition) is 0. The zero-order valence-electron chi connectivity index (χ0n) is 19.2.